The lowest BCUT2D eigenvalue weighted by Crippen LogP contribution is -2.29. The molecule has 2 N–H and O–H groups in total. The lowest BCUT2D eigenvalue weighted by atomic mass is 9.83. The van der Waals surface area contributed by atoms with Crippen LogP contribution in [0, 0.1) is 5.92 Å². The first kappa shape index (κ1) is 16.6. The number of aromatic nitrogens is 4. The Morgan fingerprint density at radius 1 is 1.46 bits per heavy atom. The van der Waals surface area contributed by atoms with Crippen molar-refractivity contribution in [2.24, 2.45) is 5.92 Å². The van der Waals surface area contributed by atoms with E-state index in [1.807, 2.05) is 45.0 Å². The standard InChI is InChI=1S/C17H23N5O2/c1-4-14-13(8-9-24-14)15(23)18-12-7-5-6-11(10-12)17(2,3)16-19-21-22-20-16/h5-7,10,13-14H,4,8-9H2,1-3H3,(H,18,23)(H,19,20,21,22)/t13-,14+/m1/s1. The Bertz CT molecular complexity index is 699. The van der Waals surface area contributed by atoms with Crippen LogP contribution in [-0.4, -0.2) is 39.2 Å². The summed E-state index contributed by atoms with van der Waals surface area (Å²) in [6.07, 6.45) is 1.64. The number of tetrazole rings is 1. The van der Waals surface area contributed by atoms with Crippen molar-refractivity contribution < 1.29 is 9.53 Å². The SMILES string of the molecule is CC[C@@H]1OCC[C@H]1C(=O)Nc1cccc(C(C)(C)c2nn[nH]n2)c1. The van der Waals surface area contributed by atoms with E-state index in [-0.39, 0.29) is 17.9 Å². The second-order valence-corrected chi connectivity index (χ2v) is 6.64. The molecule has 0 saturated carbocycles. The molecule has 0 bridgehead atoms. The average molecular weight is 329 g/mol. The molecule has 3 rings (SSSR count). The average Bonchev–Trinajstić information content (AvgIpc) is 3.26. The number of carbonyl (C=O) groups is 1. The molecule has 1 aliphatic heterocycles. The van der Waals surface area contributed by atoms with Gasteiger partial charge < -0.3 is 10.1 Å². The number of hydrogen-bond donors (Lipinski definition) is 2. The van der Waals surface area contributed by atoms with Crippen LogP contribution < -0.4 is 5.32 Å². The molecule has 0 spiro atoms. The molecular weight excluding hydrogens is 306 g/mol. The van der Waals surface area contributed by atoms with Gasteiger partial charge in [0.25, 0.3) is 0 Å². The fourth-order valence-electron chi connectivity index (χ4n) is 3.13. The summed E-state index contributed by atoms with van der Waals surface area (Å²) in [5.41, 5.74) is 1.38. The maximum Gasteiger partial charge on any atom is 0.230 e. The van der Waals surface area contributed by atoms with Crippen LogP contribution in [0.15, 0.2) is 24.3 Å². The third-order valence-corrected chi connectivity index (χ3v) is 4.70. The summed E-state index contributed by atoms with van der Waals surface area (Å²) >= 11 is 0. The minimum Gasteiger partial charge on any atom is -0.377 e. The van der Waals surface area contributed by atoms with Gasteiger partial charge in [-0.15, -0.1) is 10.2 Å². The molecule has 0 radical (unpaired) electrons. The summed E-state index contributed by atoms with van der Waals surface area (Å²) in [4.78, 5) is 12.5. The molecule has 0 aliphatic carbocycles. The van der Waals surface area contributed by atoms with Crippen molar-refractivity contribution in [3.8, 4) is 0 Å². The monoisotopic (exact) mass is 329 g/mol. The topological polar surface area (TPSA) is 92.8 Å². The zero-order valence-corrected chi connectivity index (χ0v) is 14.2. The number of ether oxygens (including phenoxy) is 1. The zero-order valence-electron chi connectivity index (χ0n) is 14.2. The van der Waals surface area contributed by atoms with Gasteiger partial charge in [-0.1, -0.05) is 24.3 Å². The summed E-state index contributed by atoms with van der Waals surface area (Å²) in [5, 5.41) is 17.3. The predicted octanol–water partition coefficient (Wildman–Crippen LogP) is 2.28. The van der Waals surface area contributed by atoms with Gasteiger partial charge in [-0.25, -0.2) is 0 Å². The van der Waals surface area contributed by atoms with Crippen molar-refractivity contribution in [1.82, 2.24) is 20.6 Å². The number of benzene rings is 1. The van der Waals surface area contributed by atoms with Crippen LogP contribution in [0.4, 0.5) is 5.69 Å². The van der Waals surface area contributed by atoms with Gasteiger partial charge in [0.2, 0.25) is 5.91 Å². The Kier molecular flexibility index (Phi) is 4.62. The van der Waals surface area contributed by atoms with E-state index in [0.29, 0.717) is 12.4 Å². The van der Waals surface area contributed by atoms with Gasteiger partial charge in [-0.3, -0.25) is 4.79 Å². The van der Waals surface area contributed by atoms with Crippen molar-refractivity contribution >= 4 is 11.6 Å². The van der Waals surface area contributed by atoms with E-state index >= 15 is 0 Å². The van der Waals surface area contributed by atoms with E-state index in [1.54, 1.807) is 0 Å². The number of nitrogens with zero attached hydrogens (tertiary/aromatic N) is 3. The van der Waals surface area contributed by atoms with Gasteiger partial charge in [-0.2, -0.15) is 5.21 Å². The number of anilines is 1. The second-order valence-electron chi connectivity index (χ2n) is 6.64. The van der Waals surface area contributed by atoms with E-state index in [1.165, 1.54) is 0 Å². The van der Waals surface area contributed by atoms with Crippen LogP contribution in [0.25, 0.3) is 0 Å². The summed E-state index contributed by atoms with van der Waals surface area (Å²) in [7, 11) is 0. The van der Waals surface area contributed by atoms with Crippen LogP contribution in [0.2, 0.25) is 0 Å². The molecule has 2 atom stereocenters. The van der Waals surface area contributed by atoms with Crippen LogP contribution >= 0.6 is 0 Å². The van der Waals surface area contributed by atoms with E-state index < -0.39 is 5.41 Å². The molecule has 7 heteroatoms. The third-order valence-electron chi connectivity index (χ3n) is 4.70. The molecular formula is C17H23N5O2. The number of amides is 1. The maximum absolute atomic E-state index is 12.5. The number of hydrogen-bond acceptors (Lipinski definition) is 5. The van der Waals surface area contributed by atoms with Crippen molar-refractivity contribution in [3.63, 3.8) is 0 Å². The van der Waals surface area contributed by atoms with Gasteiger partial charge in [0, 0.05) is 12.3 Å². The second kappa shape index (κ2) is 6.68. The lowest BCUT2D eigenvalue weighted by Gasteiger charge is -2.22. The van der Waals surface area contributed by atoms with Gasteiger partial charge in [0.05, 0.1) is 17.4 Å². The number of rotatable bonds is 5. The highest BCUT2D eigenvalue weighted by Crippen LogP contribution is 2.30. The number of aromatic amines is 1. The largest absolute Gasteiger partial charge is 0.377 e. The molecule has 0 unspecified atom stereocenters. The van der Waals surface area contributed by atoms with Crippen LogP contribution in [0.1, 0.15) is 45.0 Å². The van der Waals surface area contributed by atoms with Gasteiger partial charge in [0.1, 0.15) is 0 Å². The van der Waals surface area contributed by atoms with Crippen molar-refractivity contribution in [1.29, 1.82) is 0 Å². The van der Waals surface area contributed by atoms with Gasteiger partial charge >= 0.3 is 0 Å². The molecule has 1 fully saturated rings. The summed E-state index contributed by atoms with van der Waals surface area (Å²) < 4.78 is 5.61. The van der Waals surface area contributed by atoms with Crippen LogP contribution in [0.3, 0.4) is 0 Å². The van der Waals surface area contributed by atoms with Crippen LogP contribution in [-0.2, 0) is 14.9 Å². The maximum atomic E-state index is 12.5. The number of carbonyl (C=O) groups excluding carboxylic acids is 1. The molecule has 1 aliphatic rings. The van der Waals surface area contributed by atoms with E-state index in [2.05, 4.69) is 25.9 Å². The van der Waals surface area contributed by atoms with E-state index in [4.69, 9.17) is 4.74 Å². The number of H-pyrrole nitrogens is 1. The third kappa shape index (κ3) is 3.17. The summed E-state index contributed by atoms with van der Waals surface area (Å²) in [6, 6.07) is 7.78. The quantitative estimate of drug-likeness (QED) is 0.878. The van der Waals surface area contributed by atoms with E-state index in [9.17, 15) is 4.79 Å². The summed E-state index contributed by atoms with van der Waals surface area (Å²) in [5.74, 6) is 0.555. The van der Waals surface area contributed by atoms with Gasteiger partial charge in [-0.05, 0) is 44.4 Å². The summed E-state index contributed by atoms with van der Waals surface area (Å²) in [6.45, 7) is 6.75. The minimum absolute atomic E-state index is 0.0175. The molecule has 24 heavy (non-hydrogen) atoms. The van der Waals surface area contributed by atoms with Crippen molar-refractivity contribution in [2.75, 3.05) is 11.9 Å². The van der Waals surface area contributed by atoms with Crippen LogP contribution in [0.5, 0.6) is 0 Å². The predicted molar refractivity (Wildman–Crippen MR) is 89.5 cm³/mol. The highest BCUT2D eigenvalue weighted by atomic mass is 16.5. The molecule has 2 heterocycles. The van der Waals surface area contributed by atoms with Gasteiger partial charge in [0.15, 0.2) is 5.82 Å². The lowest BCUT2D eigenvalue weighted by molar-refractivity contribution is -0.121. The fourth-order valence-corrected chi connectivity index (χ4v) is 3.13. The highest BCUT2D eigenvalue weighted by Gasteiger charge is 2.33. The smallest absolute Gasteiger partial charge is 0.230 e. The van der Waals surface area contributed by atoms with Crippen molar-refractivity contribution in [2.45, 2.75) is 45.1 Å². The molecule has 2 aromatic rings. The Balaban J connectivity index is 1.77. The molecule has 1 aromatic carbocycles. The molecule has 128 valence electrons. The Morgan fingerprint density at radius 3 is 3.00 bits per heavy atom. The first-order chi connectivity index (χ1) is 11.5. The van der Waals surface area contributed by atoms with E-state index in [0.717, 1.165) is 24.1 Å². The minimum atomic E-state index is -0.407. The normalized spacial score (nSPS) is 21.0. The highest BCUT2D eigenvalue weighted by molar-refractivity contribution is 5.93. The molecule has 1 amide bonds. The molecule has 1 saturated heterocycles. The zero-order chi connectivity index (χ0) is 17.2. The Morgan fingerprint density at radius 2 is 2.29 bits per heavy atom. The Hall–Kier alpha value is -2.28. The molecule has 1 aromatic heterocycles. The Labute approximate surface area is 141 Å². The first-order valence-electron chi connectivity index (χ1n) is 8.29. The number of nitrogens with one attached hydrogen (secondary N) is 2. The first-order valence-corrected chi connectivity index (χ1v) is 8.29. The fraction of sp³-hybridized carbons (Fsp3) is 0.529. The van der Waals surface area contributed by atoms with Crippen molar-refractivity contribution in [3.05, 3.63) is 35.7 Å². The molecule has 7 nitrogen and oxygen atoms in total.